The zero-order chi connectivity index (χ0) is 17.2. The van der Waals surface area contributed by atoms with Crippen LogP contribution >= 0.6 is 11.3 Å². The second kappa shape index (κ2) is 6.64. The monoisotopic (exact) mass is 350 g/mol. The lowest BCUT2D eigenvalue weighted by Crippen LogP contribution is -2.13. The molecule has 4 rings (SSSR count). The summed E-state index contributed by atoms with van der Waals surface area (Å²) >= 11 is 1.57. The lowest BCUT2D eigenvalue weighted by atomic mass is 10.2. The molecule has 2 heterocycles. The van der Waals surface area contributed by atoms with E-state index in [4.69, 9.17) is 5.10 Å². The summed E-state index contributed by atoms with van der Waals surface area (Å²) in [4.78, 5) is 16.7. The van der Waals surface area contributed by atoms with Crippen molar-refractivity contribution in [2.45, 2.75) is 26.2 Å². The third-order valence-electron chi connectivity index (χ3n) is 4.19. The van der Waals surface area contributed by atoms with E-state index < -0.39 is 0 Å². The van der Waals surface area contributed by atoms with E-state index in [0.29, 0.717) is 0 Å². The third-order valence-corrected chi connectivity index (χ3v) is 4.98. The predicted octanol–water partition coefficient (Wildman–Crippen LogP) is 3.78. The first kappa shape index (κ1) is 15.8. The zero-order valence-electron chi connectivity index (χ0n) is 13.9. The molecule has 2 aromatic heterocycles. The number of nitrogens with zero attached hydrogens (tertiary/aromatic N) is 3. The molecule has 0 bridgehead atoms. The fourth-order valence-corrected chi connectivity index (χ4v) is 3.63. The summed E-state index contributed by atoms with van der Waals surface area (Å²) in [5.74, 6) is 0.611. The number of hydrogen-bond donors (Lipinski definition) is 1. The van der Waals surface area contributed by atoms with E-state index in [1.165, 1.54) is 6.08 Å². The Kier molecular flexibility index (Phi) is 4.19. The molecular weight excluding hydrogens is 332 g/mol. The number of thiazole rings is 1. The quantitative estimate of drug-likeness (QED) is 0.729. The molecule has 25 heavy (non-hydrogen) atoms. The lowest BCUT2D eigenvalue weighted by Gasteiger charge is -2.09. The van der Waals surface area contributed by atoms with Crippen molar-refractivity contribution >= 4 is 29.1 Å². The van der Waals surface area contributed by atoms with Gasteiger partial charge in [0.25, 0.3) is 0 Å². The second-order valence-electron chi connectivity index (χ2n) is 5.99. The Morgan fingerprint density at radius 3 is 2.88 bits per heavy atom. The van der Waals surface area contributed by atoms with Crippen molar-refractivity contribution < 1.29 is 4.79 Å². The SMILES string of the molecule is Cc1nc(/C=C/C(=O)Nc2c3c(nn2-c2ccccc2)CCC3)cs1. The molecule has 126 valence electrons. The molecule has 1 aliphatic carbocycles. The Hall–Kier alpha value is -2.73. The summed E-state index contributed by atoms with van der Waals surface area (Å²) < 4.78 is 1.84. The largest absolute Gasteiger partial charge is 0.307 e. The fraction of sp³-hybridized carbons (Fsp3) is 0.211. The first-order valence-corrected chi connectivity index (χ1v) is 9.16. The van der Waals surface area contributed by atoms with Gasteiger partial charge < -0.3 is 5.32 Å². The number of para-hydroxylation sites is 1. The van der Waals surface area contributed by atoms with E-state index >= 15 is 0 Å². The van der Waals surface area contributed by atoms with E-state index in [9.17, 15) is 4.79 Å². The molecule has 0 fully saturated rings. The number of carbonyl (C=O) groups excluding carboxylic acids is 1. The van der Waals surface area contributed by atoms with Gasteiger partial charge in [-0.2, -0.15) is 5.10 Å². The number of aryl methyl sites for hydroxylation is 2. The van der Waals surface area contributed by atoms with Crippen LogP contribution in [0.1, 0.15) is 28.4 Å². The molecule has 1 aliphatic rings. The Balaban J connectivity index is 1.61. The van der Waals surface area contributed by atoms with Gasteiger partial charge in [0.05, 0.1) is 22.1 Å². The molecule has 6 heteroatoms. The van der Waals surface area contributed by atoms with Crippen molar-refractivity contribution in [2.24, 2.45) is 0 Å². The first-order valence-electron chi connectivity index (χ1n) is 8.28. The van der Waals surface area contributed by atoms with E-state index in [-0.39, 0.29) is 5.91 Å². The highest BCUT2D eigenvalue weighted by molar-refractivity contribution is 7.09. The summed E-state index contributed by atoms with van der Waals surface area (Å²) in [6.45, 7) is 1.95. The molecule has 1 amide bonds. The predicted molar refractivity (Wildman–Crippen MR) is 100 cm³/mol. The van der Waals surface area contributed by atoms with Crippen LogP contribution < -0.4 is 5.32 Å². The molecule has 3 aromatic rings. The van der Waals surface area contributed by atoms with Crippen LogP contribution in [0.3, 0.4) is 0 Å². The van der Waals surface area contributed by atoms with Crippen molar-refractivity contribution in [1.29, 1.82) is 0 Å². The highest BCUT2D eigenvalue weighted by atomic mass is 32.1. The van der Waals surface area contributed by atoms with Crippen LogP contribution in [0.4, 0.5) is 5.82 Å². The number of anilines is 1. The molecule has 0 saturated carbocycles. The third kappa shape index (κ3) is 3.25. The van der Waals surface area contributed by atoms with E-state index in [1.54, 1.807) is 17.4 Å². The van der Waals surface area contributed by atoms with Crippen LogP contribution in [0.25, 0.3) is 11.8 Å². The standard InChI is InChI=1S/C19H18N4OS/c1-13-20-14(12-25-13)10-11-18(24)21-19-16-8-5-9-17(16)22-23(19)15-6-3-2-4-7-15/h2-4,6-7,10-12H,5,8-9H2,1H3,(H,21,24)/b11-10+. The maximum absolute atomic E-state index is 12.4. The van der Waals surface area contributed by atoms with Gasteiger partial charge in [-0.1, -0.05) is 18.2 Å². The van der Waals surface area contributed by atoms with E-state index in [1.807, 2.05) is 47.3 Å². The van der Waals surface area contributed by atoms with Crippen LogP contribution in [0.2, 0.25) is 0 Å². The van der Waals surface area contributed by atoms with Gasteiger partial charge in [0, 0.05) is 17.0 Å². The smallest absolute Gasteiger partial charge is 0.249 e. The minimum Gasteiger partial charge on any atom is -0.307 e. The van der Waals surface area contributed by atoms with Gasteiger partial charge in [-0.25, -0.2) is 9.67 Å². The van der Waals surface area contributed by atoms with E-state index in [2.05, 4.69) is 10.3 Å². The topological polar surface area (TPSA) is 59.8 Å². The number of rotatable bonds is 4. The van der Waals surface area contributed by atoms with Crippen molar-refractivity contribution in [2.75, 3.05) is 5.32 Å². The van der Waals surface area contributed by atoms with Crippen LogP contribution in [-0.2, 0) is 17.6 Å². The van der Waals surface area contributed by atoms with Crippen molar-refractivity contribution in [3.63, 3.8) is 0 Å². The number of aromatic nitrogens is 3. The second-order valence-corrected chi connectivity index (χ2v) is 7.05. The van der Waals surface area contributed by atoms with Gasteiger partial charge in [0.2, 0.25) is 5.91 Å². The van der Waals surface area contributed by atoms with Crippen molar-refractivity contribution in [3.05, 3.63) is 63.7 Å². The first-order chi connectivity index (χ1) is 12.2. The minimum absolute atomic E-state index is 0.169. The molecule has 0 aliphatic heterocycles. The molecule has 0 spiro atoms. The molecule has 1 aromatic carbocycles. The summed E-state index contributed by atoms with van der Waals surface area (Å²) in [5, 5.41) is 10.6. The molecule has 5 nitrogen and oxygen atoms in total. The minimum atomic E-state index is -0.169. The molecular formula is C19H18N4OS. The fourth-order valence-electron chi connectivity index (χ4n) is 3.05. The van der Waals surface area contributed by atoms with E-state index in [0.717, 1.165) is 52.7 Å². The van der Waals surface area contributed by atoms with Gasteiger partial charge in [0.15, 0.2) is 0 Å². The summed E-state index contributed by atoms with van der Waals surface area (Å²) in [5.41, 5.74) is 3.99. The maximum Gasteiger partial charge on any atom is 0.249 e. The van der Waals surface area contributed by atoms with Gasteiger partial charge in [0.1, 0.15) is 5.82 Å². The average molecular weight is 350 g/mol. The number of hydrogen-bond acceptors (Lipinski definition) is 4. The summed E-state index contributed by atoms with van der Waals surface area (Å²) in [6, 6.07) is 9.89. The van der Waals surface area contributed by atoms with Crippen LogP contribution in [0, 0.1) is 6.92 Å². The van der Waals surface area contributed by atoms with Crippen molar-refractivity contribution in [3.8, 4) is 5.69 Å². The van der Waals surface area contributed by atoms with Gasteiger partial charge in [-0.05, 0) is 44.4 Å². The molecule has 0 unspecified atom stereocenters. The highest BCUT2D eigenvalue weighted by Gasteiger charge is 2.23. The van der Waals surface area contributed by atoms with Crippen LogP contribution in [0.5, 0.6) is 0 Å². The molecule has 0 saturated heterocycles. The number of benzene rings is 1. The normalized spacial score (nSPS) is 13.3. The summed E-state index contributed by atoms with van der Waals surface area (Å²) in [7, 11) is 0. The highest BCUT2D eigenvalue weighted by Crippen LogP contribution is 2.30. The maximum atomic E-state index is 12.4. The Labute approximate surface area is 150 Å². The van der Waals surface area contributed by atoms with Crippen LogP contribution in [0.15, 0.2) is 41.8 Å². The molecule has 0 radical (unpaired) electrons. The average Bonchev–Trinajstić information content (AvgIpc) is 3.31. The Morgan fingerprint density at radius 2 is 2.12 bits per heavy atom. The van der Waals surface area contributed by atoms with Crippen LogP contribution in [-0.4, -0.2) is 20.7 Å². The van der Waals surface area contributed by atoms with Gasteiger partial charge in [-0.3, -0.25) is 4.79 Å². The number of carbonyl (C=O) groups is 1. The zero-order valence-corrected chi connectivity index (χ0v) is 14.7. The molecule has 0 atom stereocenters. The number of amides is 1. The lowest BCUT2D eigenvalue weighted by molar-refractivity contribution is -0.111. The van der Waals surface area contributed by atoms with Gasteiger partial charge in [-0.15, -0.1) is 11.3 Å². The Bertz CT molecular complexity index is 940. The van der Waals surface area contributed by atoms with Gasteiger partial charge >= 0.3 is 0 Å². The van der Waals surface area contributed by atoms with Crippen molar-refractivity contribution in [1.82, 2.24) is 14.8 Å². The molecule has 1 N–H and O–H groups in total. The Morgan fingerprint density at radius 1 is 1.28 bits per heavy atom. The number of fused-ring (bicyclic) bond motifs is 1. The number of nitrogens with one attached hydrogen (secondary N) is 1. The summed E-state index contributed by atoms with van der Waals surface area (Å²) in [6.07, 6.45) is 6.27.